The van der Waals surface area contributed by atoms with Crippen molar-refractivity contribution >= 4 is 23.1 Å². The second kappa shape index (κ2) is 11.2. The molecule has 3 atom stereocenters. The van der Waals surface area contributed by atoms with Crippen LogP contribution in [0.4, 0.5) is 4.39 Å². The van der Waals surface area contributed by atoms with Crippen molar-refractivity contribution < 1.29 is 18.7 Å². The van der Waals surface area contributed by atoms with E-state index in [1.807, 2.05) is 36.7 Å². The molecule has 0 spiro atoms. The number of nitrogens with zero attached hydrogens (tertiary/aromatic N) is 4. The van der Waals surface area contributed by atoms with Gasteiger partial charge in [-0.1, -0.05) is 19.9 Å². The number of benzene rings is 2. The molecule has 2 aliphatic heterocycles. The van der Waals surface area contributed by atoms with E-state index >= 15 is 0 Å². The van der Waals surface area contributed by atoms with Crippen LogP contribution >= 0.6 is 0 Å². The Morgan fingerprint density at radius 1 is 1.13 bits per heavy atom. The molecule has 1 amide bonds. The van der Waals surface area contributed by atoms with Gasteiger partial charge in [0, 0.05) is 43.9 Å². The van der Waals surface area contributed by atoms with Crippen LogP contribution in [0.15, 0.2) is 36.5 Å². The molecule has 0 radical (unpaired) electrons. The highest BCUT2D eigenvalue weighted by atomic mass is 19.1. The van der Waals surface area contributed by atoms with Crippen molar-refractivity contribution in [3.63, 3.8) is 0 Å². The van der Waals surface area contributed by atoms with E-state index in [0.717, 1.165) is 47.8 Å². The molecule has 8 heteroatoms. The third-order valence-corrected chi connectivity index (χ3v) is 8.49. The minimum atomic E-state index is -0.432. The van der Waals surface area contributed by atoms with Gasteiger partial charge in [-0.3, -0.25) is 14.4 Å². The summed E-state index contributed by atoms with van der Waals surface area (Å²) in [6.45, 7) is 11.1. The zero-order valence-electron chi connectivity index (χ0n) is 23.6. The average molecular weight is 535 g/mol. The third-order valence-electron chi connectivity index (χ3n) is 8.49. The molecular weight excluding hydrogens is 495 g/mol. The van der Waals surface area contributed by atoms with Crippen LogP contribution in [0.2, 0.25) is 0 Å². The summed E-state index contributed by atoms with van der Waals surface area (Å²) in [6, 6.07) is 9.06. The summed E-state index contributed by atoms with van der Waals surface area (Å²) in [7, 11) is 1.92. The molecule has 7 nitrogen and oxygen atoms in total. The van der Waals surface area contributed by atoms with Crippen LogP contribution in [-0.2, 0) is 16.6 Å². The van der Waals surface area contributed by atoms with Crippen molar-refractivity contribution in [1.29, 1.82) is 0 Å². The van der Waals surface area contributed by atoms with E-state index < -0.39 is 5.82 Å². The molecule has 0 saturated carbocycles. The van der Waals surface area contributed by atoms with Crippen molar-refractivity contribution in [2.45, 2.75) is 64.6 Å². The van der Waals surface area contributed by atoms with E-state index in [0.29, 0.717) is 43.1 Å². The molecule has 3 aromatic rings. The molecule has 2 saturated heterocycles. The van der Waals surface area contributed by atoms with Gasteiger partial charge < -0.3 is 14.4 Å². The van der Waals surface area contributed by atoms with Gasteiger partial charge in [0.25, 0.3) is 5.91 Å². The van der Waals surface area contributed by atoms with Crippen molar-refractivity contribution in [3.05, 3.63) is 53.5 Å². The van der Waals surface area contributed by atoms with Gasteiger partial charge >= 0.3 is 0 Å². The first kappa shape index (κ1) is 27.5. The second-order valence-electron chi connectivity index (χ2n) is 11.6. The minimum absolute atomic E-state index is 0.101. The van der Waals surface area contributed by atoms with Crippen molar-refractivity contribution in [1.82, 2.24) is 19.6 Å². The van der Waals surface area contributed by atoms with Crippen LogP contribution in [0, 0.1) is 11.7 Å². The largest absolute Gasteiger partial charge is 0.377 e. The maximum Gasteiger partial charge on any atom is 0.255 e. The molecule has 5 rings (SSSR count). The highest BCUT2D eigenvalue weighted by Gasteiger charge is 2.36. The maximum atomic E-state index is 14.6. The Kier molecular flexibility index (Phi) is 7.87. The highest BCUT2D eigenvalue weighted by molar-refractivity contribution is 6.06. The number of carbonyl (C=O) groups excluding carboxylic acids is 2. The normalized spacial score (nSPS) is 21.4. The summed E-state index contributed by atoms with van der Waals surface area (Å²) >= 11 is 0. The number of hydrogen-bond acceptors (Lipinski definition) is 5. The van der Waals surface area contributed by atoms with Crippen LogP contribution in [0.1, 0.15) is 62.4 Å². The smallest absolute Gasteiger partial charge is 0.255 e. The quantitative estimate of drug-likeness (QED) is 0.379. The van der Waals surface area contributed by atoms with Gasteiger partial charge in [-0.2, -0.15) is 5.10 Å². The van der Waals surface area contributed by atoms with Gasteiger partial charge in [-0.05, 0) is 67.1 Å². The van der Waals surface area contributed by atoms with E-state index in [2.05, 4.69) is 36.0 Å². The van der Waals surface area contributed by atoms with Gasteiger partial charge in [0.15, 0.2) is 0 Å². The number of hydrogen-bond donors (Lipinski definition) is 0. The number of rotatable bonds is 8. The fraction of sp³-hybridized carbons (Fsp3) is 0.516. The number of halogens is 1. The number of aldehydes is 1. The van der Waals surface area contributed by atoms with Gasteiger partial charge in [0.05, 0.1) is 42.6 Å². The monoisotopic (exact) mass is 534 g/mol. The zero-order valence-corrected chi connectivity index (χ0v) is 23.6. The fourth-order valence-electron chi connectivity index (χ4n) is 6.37. The van der Waals surface area contributed by atoms with Crippen LogP contribution in [-0.4, -0.2) is 76.2 Å². The van der Waals surface area contributed by atoms with E-state index in [9.17, 15) is 14.0 Å². The summed E-state index contributed by atoms with van der Waals surface area (Å²) in [5, 5.41) is 5.46. The number of amides is 1. The Labute approximate surface area is 229 Å². The molecule has 0 bridgehead atoms. The Balaban J connectivity index is 1.53. The lowest BCUT2D eigenvalue weighted by atomic mass is 9.84. The fourth-order valence-corrected chi connectivity index (χ4v) is 6.37. The second-order valence-corrected chi connectivity index (χ2v) is 11.6. The van der Waals surface area contributed by atoms with E-state index in [-0.39, 0.29) is 18.0 Å². The summed E-state index contributed by atoms with van der Waals surface area (Å²) in [4.78, 5) is 29.2. The first-order chi connectivity index (χ1) is 18.7. The van der Waals surface area contributed by atoms with Gasteiger partial charge in [-0.25, -0.2) is 4.39 Å². The number of fused-ring (bicyclic) bond motifs is 1. The number of carbonyl (C=O) groups is 2. The Bertz CT molecular complexity index is 1350. The van der Waals surface area contributed by atoms with Gasteiger partial charge in [0.1, 0.15) is 12.1 Å². The predicted octanol–water partition coefficient (Wildman–Crippen LogP) is 5.03. The van der Waals surface area contributed by atoms with Crippen LogP contribution in [0.25, 0.3) is 22.0 Å². The van der Waals surface area contributed by atoms with Crippen molar-refractivity contribution in [2.75, 3.05) is 26.3 Å². The van der Waals surface area contributed by atoms with E-state index in [1.165, 1.54) is 17.7 Å². The molecule has 208 valence electrons. The molecule has 2 aliphatic rings. The van der Waals surface area contributed by atoms with Crippen LogP contribution in [0.5, 0.6) is 0 Å². The first-order valence-corrected chi connectivity index (χ1v) is 14.0. The molecule has 0 unspecified atom stereocenters. The van der Waals surface area contributed by atoms with E-state index in [1.54, 1.807) is 6.07 Å². The summed E-state index contributed by atoms with van der Waals surface area (Å²) in [5.74, 6) is 0.192. The lowest BCUT2D eigenvalue weighted by Crippen LogP contribution is -2.52. The number of aryl methyl sites for hydroxylation is 1. The maximum absolute atomic E-state index is 14.6. The molecular formula is C31H39FN4O3. The highest BCUT2D eigenvalue weighted by Crippen LogP contribution is 2.39. The number of aromatic nitrogens is 2. The SMILES string of the molecule is CC(C)[C@H](CCC=O)N1CC(c2cc(-c3ccc(F)cc3C(=O)N3[C@H](C)COC[C@H]3C)c3cnn(C)c3c2)C1. The van der Waals surface area contributed by atoms with Crippen LogP contribution < -0.4 is 0 Å². The number of likely N-dealkylation sites (tertiary alicyclic amines) is 1. The van der Waals surface area contributed by atoms with E-state index in [4.69, 9.17) is 4.74 Å². The molecule has 3 heterocycles. The Morgan fingerprint density at radius 3 is 2.51 bits per heavy atom. The standard InChI is InChI=1S/C31H39FN4O3/c1-19(2)29(7-6-10-37)35-15-23(16-35)22-11-26(28-14-33-34(5)30(28)12-22)25-9-8-24(32)13-27(25)31(38)36-20(3)17-39-18-21(36)4/h8-14,19-21,23,29H,6-7,15-18H2,1-5H3/t20-,21-,29+/m1/s1. The van der Waals surface area contributed by atoms with Crippen molar-refractivity contribution in [2.24, 2.45) is 13.0 Å². The van der Waals surface area contributed by atoms with Gasteiger partial charge in [-0.15, -0.1) is 0 Å². The molecule has 2 fully saturated rings. The van der Waals surface area contributed by atoms with Crippen LogP contribution in [0.3, 0.4) is 0 Å². The molecule has 0 aliphatic carbocycles. The minimum Gasteiger partial charge on any atom is -0.377 e. The topological polar surface area (TPSA) is 67.7 Å². The third kappa shape index (κ3) is 5.24. The average Bonchev–Trinajstić information content (AvgIpc) is 3.25. The number of ether oxygens (including phenoxy) is 1. The molecule has 39 heavy (non-hydrogen) atoms. The molecule has 0 N–H and O–H groups in total. The lowest BCUT2D eigenvalue weighted by molar-refractivity contribution is -0.108. The lowest BCUT2D eigenvalue weighted by Gasteiger charge is -2.46. The molecule has 2 aromatic carbocycles. The number of morpholine rings is 1. The summed E-state index contributed by atoms with van der Waals surface area (Å²) < 4.78 is 22.1. The Morgan fingerprint density at radius 2 is 1.85 bits per heavy atom. The molecule has 1 aromatic heterocycles. The zero-order chi connectivity index (χ0) is 27.8. The van der Waals surface area contributed by atoms with Crippen molar-refractivity contribution in [3.8, 4) is 11.1 Å². The summed E-state index contributed by atoms with van der Waals surface area (Å²) in [6.07, 6.45) is 4.29. The van der Waals surface area contributed by atoms with Gasteiger partial charge in [0.2, 0.25) is 0 Å². The Hall–Kier alpha value is -3.10. The first-order valence-electron chi connectivity index (χ1n) is 14.0. The summed E-state index contributed by atoms with van der Waals surface area (Å²) in [5.41, 5.74) is 4.15. The predicted molar refractivity (Wildman–Crippen MR) is 150 cm³/mol.